The Bertz CT molecular complexity index is 2450. The van der Waals surface area contributed by atoms with Crippen LogP contribution in [0.4, 0.5) is 19.3 Å². The van der Waals surface area contributed by atoms with Crippen LogP contribution in [-0.2, 0) is 23.9 Å². The number of ether oxygens (including phenoxy) is 2. The third kappa shape index (κ3) is 8.94. The Morgan fingerprint density at radius 3 is 2.00 bits per heavy atom. The molecule has 1 saturated carbocycles. The van der Waals surface area contributed by atoms with Crippen LogP contribution in [0.5, 0.6) is 0 Å². The molecule has 9 rings (SSSR count). The molecule has 4 unspecified atom stereocenters. The predicted octanol–water partition coefficient (Wildman–Crippen LogP) is 6.39. The number of rotatable bonds is 12. The highest BCUT2D eigenvalue weighted by atomic mass is 19.1. The maximum absolute atomic E-state index is 16.0. The molecular formula is C47H51F2N9O6. The molecule has 0 spiro atoms. The van der Waals surface area contributed by atoms with Crippen molar-refractivity contribution in [3.8, 4) is 11.3 Å². The maximum atomic E-state index is 16.0. The van der Waals surface area contributed by atoms with E-state index in [1.807, 2.05) is 36.4 Å². The molecule has 0 radical (unpaired) electrons. The minimum Gasteiger partial charge on any atom is -0.453 e. The number of alkyl carbamates (subject to hydrolysis) is 1. The van der Waals surface area contributed by atoms with Crippen molar-refractivity contribution in [2.24, 2.45) is 5.92 Å². The highest BCUT2D eigenvalue weighted by molar-refractivity contribution is 5.91. The fourth-order valence-electron chi connectivity index (χ4n) is 9.21. The fraction of sp³-hybridized carbons (Fsp3) is 0.404. The minimum absolute atomic E-state index is 0.0255. The van der Waals surface area contributed by atoms with Crippen molar-refractivity contribution in [2.75, 3.05) is 51.4 Å². The van der Waals surface area contributed by atoms with Gasteiger partial charge in [-0.3, -0.25) is 14.4 Å². The first kappa shape index (κ1) is 42.7. The average Bonchev–Trinajstić information content (AvgIpc) is 3.63. The number of halogens is 2. The molecule has 17 heteroatoms. The Morgan fingerprint density at radius 2 is 1.36 bits per heavy atom. The number of H-pyrrole nitrogens is 2. The molecule has 0 bridgehead atoms. The molecule has 4 atom stereocenters. The number of nitrogens with one attached hydrogen (secondary N) is 4. The van der Waals surface area contributed by atoms with Gasteiger partial charge in [0.15, 0.2) is 0 Å². The normalized spacial score (nSPS) is 20.1. The number of nitrogens with zero attached hydrogens (tertiary/aromatic N) is 5. The number of amides is 4. The molecule has 2 aromatic heterocycles. The van der Waals surface area contributed by atoms with Crippen LogP contribution in [0.1, 0.15) is 97.1 Å². The molecule has 5 heterocycles. The molecule has 4 amide bonds. The van der Waals surface area contributed by atoms with Crippen molar-refractivity contribution < 1.29 is 37.4 Å². The number of hydrogen-bond donors (Lipinski definition) is 4. The van der Waals surface area contributed by atoms with Crippen LogP contribution < -0.4 is 15.5 Å². The van der Waals surface area contributed by atoms with Gasteiger partial charge in [0.1, 0.15) is 47.1 Å². The lowest BCUT2D eigenvalue weighted by molar-refractivity contribution is -0.143. The van der Waals surface area contributed by atoms with Gasteiger partial charge in [-0.1, -0.05) is 60.7 Å². The van der Waals surface area contributed by atoms with Gasteiger partial charge in [0, 0.05) is 55.5 Å². The van der Waals surface area contributed by atoms with Crippen molar-refractivity contribution in [3.05, 3.63) is 125 Å². The summed E-state index contributed by atoms with van der Waals surface area (Å²) in [6.45, 7) is 2.10. The van der Waals surface area contributed by atoms with Gasteiger partial charge < -0.3 is 44.8 Å². The number of methoxy groups -OCH3 is 1. The lowest BCUT2D eigenvalue weighted by atomic mass is 9.93. The second-order valence-electron chi connectivity index (χ2n) is 16.9. The summed E-state index contributed by atoms with van der Waals surface area (Å²) in [6.07, 6.45) is 6.77. The van der Waals surface area contributed by atoms with Gasteiger partial charge in [-0.05, 0) is 61.8 Å². The van der Waals surface area contributed by atoms with E-state index in [1.54, 1.807) is 45.2 Å². The highest BCUT2D eigenvalue weighted by Gasteiger charge is 2.40. The van der Waals surface area contributed by atoms with Gasteiger partial charge in [-0.15, -0.1) is 0 Å². The summed E-state index contributed by atoms with van der Waals surface area (Å²) < 4.78 is 42.5. The van der Waals surface area contributed by atoms with Crippen LogP contribution in [0, 0.1) is 17.6 Å². The number of aromatic nitrogens is 4. The van der Waals surface area contributed by atoms with Crippen LogP contribution in [0.2, 0.25) is 0 Å². The van der Waals surface area contributed by atoms with Crippen molar-refractivity contribution in [3.63, 3.8) is 0 Å². The third-order valence-corrected chi connectivity index (χ3v) is 12.8. The summed E-state index contributed by atoms with van der Waals surface area (Å²) >= 11 is 0. The standard InChI is InChI=1S/C47H51F2N9O6/c1-63-47(62)55-40(30-11-6-3-7-12-30)46(61)58-21-22-64-27-38(58)43-51-25-35(52-43)28-16-19-56(20-17-28)41-33(48)23-32(24-34(41)49)36-26-50-42(53-36)37-13-8-18-57(37)45(60)39(29-9-4-2-5-10-29)54-44(59)31-14-15-31/h2-7,9-12,23-26,28,31,37-40H,8,13-22,27H2,1H3,(H,50,53)(H,51,52)(H,54,59)(H,55,62). The van der Waals surface area contributed by atoms with Crippen LogP contribution in [0.25, 0.3) is 11.3 Å². The van der Waals surface area contributed by atoms with Crippen molar-refractivity contribution in [2.45, 2.75) is 68.6 Å². The second kappa shape index (κ2) is 18.6. The van der Waals surface area contributed by atoms with Gasteiger partial charge in [0.2, 0.25) is 11.8 Å². The number of carbonyl (C=O) groups is 4. The number of imidazole rings is 2. The molecule has 4 aliphatic rings. The molecule has 3 saturated heterocycles. The van der Waals surface area contributed by atoms with Gasteiger partial charge in [-0.25, -0.2) is 23.5 Å². The molecule has 4 N–H and O–H groups in total. The Morgan fingerprint density at radius 1 is 0.750 bits per heavy atom. The van der Waals surface area contributed by atoms with Crippen LogP contribution >= 0.6 is 0 Å². The molecule has 1 aliphatic carbocycles. The highest BCUT2D eigenvalue weighted by Crippen LogP contribution is 2.38. The molecule has 3 aromatic carbocycles. The summed E-state index contributed by atoms with van der Waals surface area (Å²) in [7, 11) is 1.24. The van der Waals surface area contributed by atoms with E-state index >= 15 is 8.78 Å². The number of anilines is 1. The summed E-state index contributed by atoms with van der Waals surface area (Å²) in [4.78, 5) is 74.2. The number of hydrogen-bond acceptors (Lipinski definition) is 9. The van der Waals surface area contributed by atoms with Crippen molar-refractivity contribution >= 4 is 29.5 Å². The fourth-order valence-corrected chi connectivity index (χ4v) is 9.21. The number of carbonyl (C=O) groups excluding carboxylic acids is 4. The number of aromatic amines is 2. The molecule has 5 aromatic rings. The number of likely N-dealkylation sites (tertiary alicyclic amines) is 1. The molecule has 4 fully saturated rings. The van der Waals surface area contributed by atoms with E-state index in [-0.39, 0.29) is 41.9 Å². The van der Waals surface area contributed by atoms with E-state index in [0.717, 1.165) is 25.0 Å². The Hall–Kier alpha value is -6.62. The first-order valence-electron chi connectivity index (χ1n) is 21.9. The smallest absolute Gasteiger partial charge is 0.407 e. The van der Waals surface area contributed by atoms with Crippen molar-refractivity contribution in [1.82, 2.24) is 40.4 Å². The maximum Gasteiger partial charge on any atom is 0.407 e. The summed E-state index contributed by atoms with van der Waals surface area (Å²) in [5.74, 6) is -1.04. The summed E-state index contributed by atoms with van der Waals surface area (Å²) in [5, 5.41) is 5.65. The van der Waals surface area contributed by atoms with Gasteiger partial charge in [0.05, 0.1) is 38.3 Å². The first-order valence-corrected chi connectivity index (χ1v) is 21.9. The van der Waals surface area contributed by atoms with E-state index in [2.05, 4.69) is 30.6 Å². The summed E-state index contributed by atoms with van der Waals surface area (Å²) in [6, 6.07) is 18.0. The average molecular weight is 876 g/mol. The molecule has 64 heavy (non-hydrogen) atoms. The number of morpholine rings is 1. The van der Waals surface area contributed by atoms with Crippen LogP contribution in [-0.4, -0.2) is 100 Å². The van der Waals surface area contributed by atoms with Gasteiger partial charge in [-0.2, -0.15) is 0 Å². The second-order valence-corrected chi connectivity index (χ2v) is 16.9. The Labute approximate surface area is 368 Å². The number of benzene rings is 3. The lowest BCUT2D eigenvalue weighted by Crippen LogP contribution is -2.49. The van der Waals surface area contributed by atoms with Gasteiger partial charge >= 0.3 is 6.09 Å². The Kier molecular flexibility index (Phi) is 12.4. The SMILES string of the molecule is COC(=O)NC(C(=O)N1CCOCC1c1ncc(C2CCN(c3c(F)cc(-c4cnc(C5CCCN5C(=O)C(NC(=O)C5CC5)c5ccccc5)[nH]4)cc3F)CC2)[nH]1)c1ccccc1. The monoisotopic (exact) mass is 875 g/mol. The van der Waals surface area contributed by atoms with Crippen molar-refractivity contribution in [1.29, 1.82) is 0 Å². The third-order valence-electron chi connectivity index (χ3n) is 12.8. The predicted molar refractivity (Wildman–Crippen MR) is 230 cm³/mol. The quantitative estimate of drug-likeness (QED) is 0.111. The van der Waals surface area contributed by atoms with E-state index in [1.165, 1.54) is 25.4 Å². The molecule has 15 nitrogen and oxygen atoms in total. The van der Waals surface area contributed by atoms with Crippen LogP contribution in [0.3, 0.4) is 0 Å². The molecule has 3 aliphatic heterocycles. The zero-order valence-corrected chi connectivity index (χ0v) is 35.5. The molecule has 334 valence electrons. The van der Waals surface area contributed by atoms with Crippen LogP contribution in [0.15, 0.2) is 85.2 Å². The van der Waals surface area contributed by atoms with E-state index in [4.69, 9.17) is 9.47 Å². The zero-order chi connectivity index (χ0) is 44.3. The first-order chi connectivity index (χ1) is 31.2. The van der Waals surface area contributed by atoms with E-state index in [9.17, 15) is 19.2 Å². The Balaban J connectivity index is 0.849. The van der Waals surface area contributed by atoms with E-state index in [0.29, 0.717) is 86.1 Å². The minimum atomic E-state index is -0.980. The van der Waals surface area contributed by atoms with E-state index < -0.39 is 41.9 Å². The topological polar surface area (TPSA) is 178 Å². The number of piperidine rings is 1. The molecular weight excluding hydrogens is 825 g/mol. The zero-order valence-electron chi connectivity index (χ0n) is 35.5. The lowest BCUT2D eigenvalue weighted by Gasteiger charge is -2.37. The van der Waals surface area contributed by atoms with Gasteiger partial charge in [0.25, 0.3) is 5.91 Å². The summed E-state index contributed by atoms with van der Waals surface area (Å²) in [5.41, 5.74) is 2.79. The largest absolute Gasteiger partial charge is 0.453 e.